The number of primary sulfonamides is 1. The van der Waals surface area contributed by atoms with Gasteiger partial charge in [-0.1, -0.05) is 6.07 Å². The highest BCUT2D eigenvalue weighted by Gasteiger charge is 2.37. The summed E-state index contributed by atoms with van der Waals surface area (Å²) in [6.45, 7) is 0. The molecule has 0 aliphatic rings. The second-order valence-corrected chi connectivity index (χ2v) is 6.34. The molecule has 0 atom stereocenters. The van der Waals surface area contributed by atoms with E-state index < -0.39 is 22.0 Å². The van der Waals surface area contributed by atoms with Crippen LogP contribution >= 0.6 is 0 Å². The molecule has 3 rings (SSSR count). The predicted octanol–water partition coefficient (Wildman–Crippen LogP) is 1.39. The molecule has 25 heavy (non-hydrogen) atoms. The van der Waals surface area contributed by atoms with Gasteiger partial charge in [-0.05, 0) is 24.3 Å². The maximum absolute atomic E-state index is 13.0. The molecular formula is C13H9F3N6O2S. The van der Waals surface area contributed by atoms with Gasteiger partial charge in [0.2, 0.25) is 10.0 Å². The van der Waals surface area contributed by atoms with Crippen molar-refractivity contribution in [3.05, 3.63) is 48.5 Å². The fourth-order valence-electron chi connectivity index (χ4n) is 1.92. The molecule has 0 aromatic carbocycles. The molecule has 3 aromatic rings. The summed E-state index contributed by atoms with van der Waals surface area (Å²) in [6, 6.07) is 6.90. The van der Waals surface area contributed by atoms with Crippen LogP contribution in [0.2, 0.25) is 0 Å². The van der Waals surface area contributed by atoms with Crippen molar-refractivity contribution in [2.24, 2.45) is 5.14 Å². The van der Waals surface area contributed by atoms with Crippen LogP contribution in [0.3, 0.4) is 0 Å². The molecule has 0 unspecified atom stereocenters. The minimum absolute atomic E-state index is 0.0731. The summed E-state index contributed by atoms with van der Waals surface area (Å²) in [5.74, 6) is -1.63. The van der Waals surface area contributed by atoms with Crippen molar-refractivity contribution in [2.45, 2.75) is 11.1 Å². The summed E-state index contributed by atoms with van der Waals surface area (Å²) < 4.78 is 62.2. The summed E-state index contributed by atoms with van der Waals surface area (Å²) in [5.41, 5.74) is 0.142. The third-order valence-electron chi connectivity index (χ3n) is 3.02. The van der Waals surface area contributed by atoms with E-state index in [2.05, 4.69) is 20.1 Å². The van der Waals surface area contributed by atoms with E-state index in [1.807, 2.05) is 0 Å². The Balaban J connectivity index is 2.16. The standard InChI is InChI=1S/C13H9F3N6O2S/c14-13(15,16)12-20-11(9-3-1-2-6-18-9)22(21-12)10-5-4-8(7-19-10)25(17,23)24/h1-7H,(H2,17,23,24). The van der Waals surface area contributed by atoms with Gasteiger partial charge in [0.25, 0.3) is 5.82 Å². The lowest BCUT2D eigenvalue weighted by Gasteiger charge is -2.05. The van der Waals surface area contributed by atoms with Crippen molar-refractivity contribution < 1.29 is 21.6 Å². The molecule has 0 aliphatic carbocycles. The second-order valence-electron chi connectivity index (χ2n) is 4.78. The fraction of sp³-hybridized carbons (Fsp3) is 0.0769. The molecule has 0 radical (unpaired) electrons. The first-order chi connectivity index (χ1) is 11.7. The molecule has 0 saturated heterocycles. The topological polar surface area (TPSA) is 117 Å². The van der Waals surface area contributed by atoms with Crippen LogP contribution in [0, 0.1) is 0 Å². The zero-order chi connectivity index (χ0) is 18.2. The number of hydrogen-bond acceptors (Lipinski definition) is 6. The second kappa shape index (κ2) is 5.89. The molecule has 0 amide bonds. The largest absolute Gasteiger partial charge is 0.453 e. The van der Waals surface area contributed by atoms with Crippen LogP contribution in [-0.4, -0.2) is 33.2 Å². The van der Waals surface area contributed by atoms with Crippen LogP contribution in [0.5, 0.6) is 0 Å². The quantitative estimate of drug-likeness (QED) is 0.745. The number of sulfonamides is 1. The minimum Gasteiger partial charge on any atom is -0.253 e. The highest BCUT2D eigenvalue weighted by molar-refractivity contribution is 7.89. The molecule has 8 nitrogen and oxygen atoms in total. The molecule has 2 N–H and O–H groups in total. The molecular weight excluding hydrogens is 361 g/mol. The van der Waals surface area contributed by atoms with Gasteiger partial charge in [-0.15, -0.1) is 5.10 Å². The van der Waals surface area contributed by atoms with Gasteiger partial charge in [-0.3, -0.25) is 4.98 Å². The lowest BCUT2D eigenvalue weighted by molar-refractivity contribution is -0.144. The lowest BCUT2D eigenvalue weighted by atomic mass is 10.3. The zero-order valence-corrected chi connectivity index (χ0v) is 13.0. The lowest BCUT2D eigenvalue weighted by Crippen LogP contribution is -2.13. The number of halogens is 3. The van der Waals surface area contributed by atoms with Crippen LogP contribution in [0.4, 0.5) is 13.2 Å². The highest BCUT2D eigenvalue weighted by atomic mass is 32.2. The van der Waals surface area contributed by atoms with Crippen LogP contribution < -0.4 is 5.14 Å². The Morgan fingerprint density at radius 2 is 1.84 bits per heavy atom. The van der Waals surface area contributed by atoms with Gasteiger partial charge in [-0.25, -0.2) is 23.5 Å². The number of alkyl halides is 3. The number of nitrogens with zero attached hydrogens (tertiary/aromatic N) is 5. The average molecular weight is 370 g/mol. The molecule has 0 aliphatic heterocycles. The van der Waals surface area contributed by atoms with E-state index in [4.69, 9.17) is 5.14 Å². The normalized spacial score (nSPS) is 12.3. The maximum atomic E-state index is 13.0. The third-order valence-corrected chi connectivity index (χ3v) is 3.92. The van der Waals surface area contributed by atoms with Crippen molar-refractivity contribution >= 4 is 10.0 Å². The molecule has 130 valence electrons. The fourth-order valence-corrected chi connectivity index (χ4v) is 2.38. The van der Waals surface area contributed by atoms with Crippen molar-refractivity contribution in [2.75, 3.05) is 0 Å². The average Bonchev–Trinajstić information content (AvgIpc) is 3.00. The minimum atomic E-state index is -4.77. The summed E-state index contributed by atoms with van der Waals surface area (Å²) in [6.07, 6.45) is -2.46. The Bertz CT molecular complexity index is 1000. The van der Waals surface area contributed by atoms with E-state index in [-0.39, 0.29) is 22.2 Å². The van der Waals surface area contributed by atoms with E-state index in [1.54, 1.807) is 12.1 Å². The van der Waals surface area contributed by atoms with E-state index in [0.717, 1.165) is 16.9 Å². The van der Waals surface area contributed by atoms with E-state index >= 15 is 0 Å². The summed E-state index contributed by atoms with van der Waals surface area (Å²) in [4.78, 5) is 11.0. The van der Waals surface area contributed by atoms with Gasteiger partial charge < -0.3 is 0 Å². The van der Waals surface area contributed by atoms with Gasteiger partial charge >= 0.3 is 6.18 Å². The summed E-state index contributed by atoms with van der Waals surface area (Å²) in [5, 5.41) is 8.38. The number of pyridine rings is 2. The van der Waals surface area contributed by atoms with Gasteiger partial charge in [0, 0.05) is 12.4 Å². The Hall–Kier alpha value is -2.86. The van der Waals surface area contributed by atoms with Crippen molar-refractivity contribution in [1.29, 1.82) is 0 Å². The van der Waals surface area contributed by atoms with Crippen LogP contribution in [0.25, 0.3) is 17.3 Å². The summed E-state index contributed by atoms with van der Waals surface area (Å²) in [7, 11) is -3.98. The molecule has 0 saturated carbocycles. The van der Waals surface area contributed by atoms with E-state index in [1.165, 1.54) is 18.3 Å². The predicted molar refractivity (Wildman–Crippen MR) is 78.8 cm³/mol. The van der Waals surface area contributed by atoms with Gasteiger partial charge in [0.05, 0.1) is 0 Å². The Morgan fingerprint density at radius 3 is 2.36 bits per heavy atom. The number of aromatic nitrogens is 5. The van der Waals surface area contributed by atoms with Crippen LogP contribution in [0.15, 0.2) is 47.6 Å². The first-order valence-corrected chi connectivity index (χ1v) is 8.16. The molecule has 12 heteroatoms. The van der Waals surface area contributed by atoms with Crippen LogP contribution in [0.1, 0.15) is 5.82 Å². The number of nitrogens with two attached hydrogens (primary N) is 1. The van der Waals surface area contributed by atoms with Gasteiger partial charge in [0.15, 0.2) is 11.6 Å². The monoisotopic (exact) mass is 370 g/mol. The van der Waals surface area contributed by atoms with E-state index in [9.17, 15) is 21.6 Å². The molecule has 0 bridgehead atoms. The molecule has 3 heterocycles. The Labute approximate surface area is 139 Å². The maximum Gasteiger partial charge on any atom is 0.453 e. The van der Waals surface area contributed by atoms with Gasteiger partial charge in [0.1, 0.15) is 10.6 Å². The van der Waals surface area contributed by atoms with Gasteiger partial charge in [-0.2, -0.15) is 17.9 Å². The SMILES string of the molecule is NS(=O)(=O)c1ccc(-n2nc(C(F)(F)F)nc2-c2ccccn2)nc1. The third kappa shape index (κ3) is 3.49. The Kier molecular flexibility index (Phi) is 4.00. The smallest absolute Gasteiger partial charge is 0.253 e. The number of rotatable bonds is 3. The van der Waals surface area contributed by atoms with Crippen molar-refractivity contribution in [1.82, 2.24) is 24.7 Å². The first-order valence-electron chi connectivity index (χ1n) is 6.61. The first kappa shape index (κ1) is 17.0. The van der Waals surface area contributed by atoms with Crippen molar-refractivity contribution in [3.8, 4) is 17.3 Å². The molecule has 0 spiro atoms. The Morgan fingerprint density at radius 1 is 1.08 bits per heavy atom. The molecule has 0 fully saturated rings. The molecule has 3 aromatic heterocycles. The zero-order valence-electron chi connectivity index (χ0n) is 12.2. The van der Waals surface area contributed by atoms with Crippen molar-refractivity contribution in [3.63, 3.8) is 0 Å². The van der Waals surface area contributed by atoms with Crippen LogP contribution in [-0.2, 0) is 16.2 Å². The summed E-state index contributed by atoms with van der Waals surface area (Å²) >= 11 is 0. The van der Waals surface area contributed by atoms with E-state index in [0.29, 0.717) is 0 Å². The number of hydrogen-bond donors (Lipinski definition) is 1. The highest BCUT2D eigenvalue weighted by Crippen LogP contribution is 2.29.